The monoisotopic (exact) mass is 460 g/mol. The molecule has 0 unspecified atom stereocenters. The van der Waals surface area contributed by atoms with Crippen LogP contribution in [0.25, 0.3) is 10.9 Å². The van der Waals surface area contributed by atoms with Crippen molar-refractivity contribution in [1.82, 2.24) is 14.9 Å². The quantitative estimate of drug-likeness (QED) is 0.580. The first-order chi connectivity index (χ1) is 16.7. The summed E-state index contributed by atoms with van der Waals surface area (Å²) in [7, 11) is 1.73. The summed E-state index contributed by atoms with van der Waals surface area (Å²) in [4.78, 5) is 25.4. The van der Waals surface area contributed by atoms with Crippen molar-refractivity contribution < 1.29 is 9.53 Å². The van der Waals surface area contributed by atoms with E-state index in [0.29, 0.717) is 25.0 Å². The maximum absolute atomic E-state index is 11.8. The van der Waals surface area contributed by atoms with Crippen LogP contribution in [0.2, 0.25) is 0 Å². The molecule has 8 nitrogen and oxygen atoms in total. The SMILES string of the molecule is COc1ccc2cnc(Nc3ccc(N4CCN(C(=O)CN)CC4)cc3)nc2c1C1CCCC1. The van der Waals surface area contributed by atoms with E-state index < -0.39 is 0 Å². The molecule has 2 heterocycles. The first-order valence-electron chi connectivity index (χ1n) is 12.1. The first kappa shape index (κ1) is 22.4. The van der Waals surface area contributed by atoms with Gasteiger partial charge in [0.05, 0.1) is 19.2 Å². The standard InChI is InChI=1S/C26H32N6O2/c1-34-22-11-6-19-17-28-26(30-25(19)24(22)18-4-2-3-5-18)29-20-7-9-21(10-8-20)31-12-14-32(15-13-31)23(33)16-27/h6-11,17-18H,2-5,12-16,27H2,1H3,(H,28,29,30). The van der Waals surface area contributed by atoms with Gasteiger partial charge in [-0.05, 0) is 55.2 Å². The second-order valence-corrected chi connectivity index (χ2v) is 9.04. The summed E-state index contributed by atoms with van der Waals surface area (Å²) in [6, 6.07) is 12.4. The van der Waals surface area contributed by atoms with Gasteiger partial charge in [-0.2, -0.15) is 0 Å². The number of nitrogens with zero attached hydrogens (tertiary/aromatic N) is 4. The third-order valence-corrected chi connectivity index (χ3v) is 7.03. The second kappa shape index (κ2) is 9.85. The number of hydrogen-bond acceptors (Lipinski definition) is 7. The van der Waals surface area contributed by atoms with Crippen LogP contribution in [0.5, 0.6) is 5.75 Å². The number of ether oxygens (including phenoxy) is 1. The predicted octanol–water partition coefficient (Wildman–Crippen LogP) is 3.65. The summed E-state index contributed by atoms with van der Waals surface area (Å²) in [5.41, 5.74) is 9.75. The zero-order chi connectivity index (χ0) is 23.5. The zero-order valence-corrected chi connectivity index (χ0v) is 19.7. The molecule has 3 aromatic rings. The average molecular weight is 461 g/mol. The van der Waals surface area contributed by atoms with Crippen LogP contribution in [0, 0.1) is 0 Å². The molecule has 1 aliphatic heterocycles. The lowest BCUT2D eigenvalue weighted by molar-refractivity contribution is -0.129. The molecule has 3 N–H and O–H groups in total. The number of anilines is 3. The number of benzene rings is 2. The van der Waals surface area contributed by atoms with Gasteiger partial charge in [0.15, 0.2) is 0 Å². The minimum atomic E-state index is 0.0169. The van der Waals surface area contributed by atoms with E-state index in [1.807, 2.05) is 35.4 Å². The summed E-state index contributed by atoms with van der Waals surface area (Å²) in [5, 5.41) is 4.40. The van der Waals surface area contributed by atoms with E-state index in [1.165, 1.54) is 31.2 Å². The third-order valence-electron chi connectivity index (χ3n) is 7.03. The predicted molar refractivity (Wildman–Crippen MR) is 135 cm³/mol. The second-order valence-electron chi connectivity index (χ2n) is 9.04. The van der Waals surface area contributed by atoms with Crippen LogP contribution in [0.3, 0.4) is 0 Å². The van der Waals surface area contributed by atoms with E-state index in [1.54, 1.807) is 7.11 Å². The smallest absolute Gasteiger partial charge is 0.236 e. The number of nitrogens with one attached hydrogen (secondary N) is 1. The molecule has 1 saturated heterocycles. The van der Waals surface area contributed by atoms with E-state index in [2.05, 4.69) is 27.3 Å². The maximum Gasteiger partial charge on any atom is 0.236 e. The Kier molecular flexibility index (Phi) is 6.49. The third kappa shape index (κ3) is 4.50. The van der Waals surface area contributed by atoms with Crippen molar-refractivity contribution in [3.63, 3.8) is 0 Å². The minimum absolute atomic E-state index is 0.0169. The molecule has 2 aliphatic rings. The molecule has 178 valence electrons. The topological polar surface area (TPSA) is 96.6 Å². The van der Waals surface area contributed by atoms with Crippen LogP contribution < -0.4 is 20.7 Å². The number of carbonyl (C=O) groups excluding carboxylic acids is 1. The molecule has 8 heteroatoms. The Hall–Kier alpha value is -3.39. The fraction of sp³-hybridized carbons (Fsp3) is 0.423. The lowest BCUT2D eigenvalue weighted by atomic mass is 9.94. The van der Waals surface area contributed by atoms with Crippen molar-refractivity contribution in [2.75, 3.05) is 50.1 Å². The van der Waals surface area contributed by atoms with E-state index in [0.717, 1.165) is 41.1 Å². The first-order valence-corrected chi connectivity index (χ1v) is 12.1. The molecule has 1 aliphatic carbocycles. The van der Waals surface area contributed by atoms with Crippen molar-refractivity contribution in [2.24, 2.45) is 5.73 Å². The van der Waals surface area contributed by atoms with Gasteiger partial charge in [0.1, 0.15) is 5.75 Å². The fourth-order valence-electron chi connectivity index (χ4n) is 5.18. The molecule has 5 rings (SSSR count). The number of piperazine rings is 1. The summed E-state index contributed by atoms with van der Waals surface area (Å²) in [6.07, 6.45) is 6.76. The lowest BCUT2D eigenvalue weighted by Crippen LogP contribution is -2.50. The summed E-state index contributed by atoms with van der Waals surface area (Å²) in [6.45, 7) is 3.09. The van der Waals surface area contributed by atoms with E-state index >= 15 is 0 Å². The number of fused-ring (bicyclic) bond motifs is 1. The van der Waals surface area contributed by atoms with Crippen LogP contribution in [-0.4, -0.2) is 60.6 Å². The van der Waals surface area contributed by atoms with Crippen LogP contribution in [0.1, 0.15) is 37.2 Å². The highest BCUT2D eigenvalue weighted by Gasteiger charge is 2.24. The Morgan fingerprint density at radius 2 is 1.82 bits per heavy atom. The van der Waals surface area contributed by atoms with Crippen molar-refractivity contribution in [1.29, 1.82) is 0 Å². The van der Waals surface area contributed by atoms with Crippen molar-refractivity contribution in [2.45, 2.75) is 31.6 Å². The van der Waals surface area contributed by atoms with E-state index in [-0.39, 0.29) is 12.5 Å². The molecule has 1 aromatic heterocycles. The minimum Gasteiger partial charge on any atom is -0.496 e. The lowest BCUT2D eigenvalue weighted by Gasteiger charge is -2.36. The van der Waals surface area contributed by atoms with Gasteiger partial charge in [-0.3, -0.25) is 4.79 Å². The van der Waals surface area contributed by atoms with Gasteiger partial charge in [0, 0.05) is 54.7 Å². The van der Waals surface area contributed by atoms with Gasteiger partial charge < -0.3 is 25.6 Å². The number of carbonyl (C=O) groups is 1. The zero-order valence-electron chi connectivity index (χ0n) is 19.7. The van der Waals surface area contributed by atoms with Crippen molar-refractivity contribution in [3.8, 4) is 5.75 Å². The molecule has 2 fully saturated rings. The van der Waals surface area contributed by atoms with Gasteiger partial charge in [-0.1, -0.05) is 12.8 Å². The Labute approximate surface area is 200 Å². The fourth-order valence-corrected chi connectivity index (χ4v) is 5.18. The number of hydrogen-bond donors (Lipinski definition) is 2. The van der Waals surface area contributed by atoms with E-state index in [4.69, 9.17) is 15.5 Å². The maximum atomic E-state index is 11.8. The number of amides is 1. The molecule has 0 spiro atoms. The highest BCUT2D eigenvalue weighted by Crippen LogP contribution is 2.42. The Morgan fingerprint density at radius 3 is 2.50 bits per heavy atom. The molecule has 0 bridgehead atoms. The molecule has 2 aromatic carbocycles. The van der Waals surface area contributed by atoms with Gasteiger partial charge in [0.25, 0.3) is 0 Å². The molecular weight excluding hydrogens is 428 g/mol. The Morgan fingerprint density at radius 1 is 1.09 bits per heavy atom. The molecule has 0 radical (unpaired) electrons. The highest BCUT2D eigenvalue weighted by molar-refractivity contribution is 5.85. The largest absolute Gasteiger partial charge is 0.496 e. The molecule has 1 saturated carbocycles. The number of methoxy groups -OCH3 is 1. The van der Waals surface area contributed by atoms with E-state index in [9.17, 15) is 4.79 Å². The number of rotatable bonds is 6. The Bertz CT molecular complexity index is 1150. The van der Waals surface area contributed by atoms with Gasteiger partial charge >= 0.3 is 0 Å². The van der Waals surface area contributed by atoms with Gasteiger partial charge in [0.2, 0.25) is 11.9 Å². The van der Waals surface area contributed by atoms with Crippen LogP contribution in [0.15, 0.2) is 42.6 Å². The molecule has 34 heavy (non-hydrogen) atoms. The molecular formula is C26H32N6O2. The Balaban J connectivity index is 1.32. The van der Waals surface area contributed by atoms with Crippen LogP contribution >= 0.6 is 0 Å². The van der Waals surface area contributed by atoms with Gasteiger partial charge in [-0.25, -0.2) is 9.97 Å². The average Bonchev–Trinajstić information content (AvgIpc) is 3.42. The molecule has 0 atom stereocenters. The number of nitrogens with two attached hydrogens (primary N) is 1. The van der Waals surface area contributed by atoms with Crippen molar-refractivity contribution in [3.05, 3.63) is 48.2 Å². The highest BCUT2D eigenvalue weighted by atomic mass is 16.5. The number of aromatic nitrogens is 2. The summed E-state index contributed by atoms with van der Waals surface area (Å²) in [5.74, 6) is 2.01. The van der Waals surface area contributed by atoms with Crippen LogP contribution in [-0.2, 0) is 4.79 Å². The molecule has 1 amide bonds. The van der Waals surface area contributed by atoms with Crippen molar-refractivity contribution >= 4 is 34.1 Å². The summed E-state index contributed by atoms with van der Waals surface area (Å²) >= 11 is 0. The summed E-state index contributed by atoms with van der Waals surface area (Å²) < 4.78 is 5.71. The van der Waals surface area contributed by atoms with Gasteiger partial charge in [-0.15, -0.1) is 0 Å². The normalized spacial score (nSPS) is 16.8. The van der Waals surface area contributed by atoms with Crippen LogP contribution in [0.4, 0.5) is 17.3 Å².